The van der Waals surface area contributed by atoms with Crippen LogP contribution < -0.4 is 10.1 Å². The fourth-order valence-electron chi connectivity index (χ4n) is 4.48. The largest absolute Gasteiger partial charge is 0.573 e. The summed E-state index contributed by atoms with van der Waals surface area (Å²) in [6, 6.07) is 21.6. The summed E-state index contributed by atoms with van der Waals surface area (Å²) in [7, 11) is 0. The molecule has 4 rings (SSSR count). The second-order valence-electron chi connectivity index (χ2n) is 9.21. The fraction of sp³-hybridized carbons (Fsp3) is 0.310. The lowest BCUT2D eigenvalue weighted by molar-refractivity contribution is -0.274. The van der Waals surface area contributed by atoms with Crippen LogP contribution in [0, 0.1) is 13.8 Å². The second-order valence-corrected chi connectivity index (χ2v) is 9.21. The number of hydrogen-bond donors (Lipinski definition) is 1. The number of para-hydroxylation sites is 1. The lowest BCUT2D eigenvalue weighted by Crippen LogP contribution is -2.42. The van der Waals surface area contributed by atoms with Crippen molar-refractivity contribution in [2.24, 2.45) is 9.98 Å². The number of ether oxygens (including phenoxy) is 1. The van der Waals surface area contributed by atoms with Crippen molar-refractivity contribution in [2.75, 3.05) is 11.9 Å². The van der Waals surface area contributed by atoms with E-state index in [1.165, 1.54) is 12.1 Å². The molecule has 0 saturated carbocycles. The van der Waals surface area contributed by atoms with Gasteiger partial charge in [0.15, 0.2) is 0 Å². The van der Waals surface area contributed by atoms with Gasteiger partial charge in [-0.2, -0.15) is 4.99 Å². The summed E-state index contributed by atoms with van der Waals surface area (Å²) in [5.41, 5.74) is 4.35. The molecule has 37 heavy (non-hydrogen) atoms. The van der Waals surface area contributed by atoms with Crippen molar-refractivity contribution < 1.29 is 17.9 Å². The summed E-state index contributed by atoms with van der Waals surface area (Å²) < 4.78 is 41.9. The van der Waals surface area contributed by atoms with Crippen LogP contribution in [0.25, 0.3) is 0 Å². The molecule has 5 nitrogen and oxygen atoms in total. The van der Waals surface area contributed by atoms with E-state index in [0.717, 1.165) is 48.2 Å². The first-order valence-corrected chi connectivity index (χ1v) is 12.4. The van der Waals surface area contributed by atoms with Crippen molar-refractivity contribution in [3.05, 3.63) is 89.5 Å². The van der Waals surface area contributed by atoms with Crippen molar-refractivity contribution >= 4 is 23.2 Å². The molecule has 1 aliphatic rings. The molecule has 0 bridgehead atoms. The normalized spacial score (nSPS) is 17.0. The number of aryl methyl sites for hydroxylation is 2. The van der Waals surface area contributed by atoms with Crippen LogP contribution in [0.4, 0.5) is 24.5 Å². The molecule has 0 amide bonds. The molecule has 1 aliphatic heterocycles. The van der Waals surface area contributed by atoms with Crippen LogP contribution in [0.15, 0.2) is 82.8 Å². The van der Waals surface area contributed by atoms with E-state index in [2.05, 4.69) is 21.9 Å². The Morgan fingerprint density at radius 1 is 0.919 bits per heavy atom. The van der Waals surface area contributed by atoms with Gasteiger partial charge < -0.3 is 15.0 Å². The minimum absolute atomic E-state index is 0.276. The number of anilines is 1. The Hall–Kier alpha value is -3.81. The van der Waals surface area contributed by atoms with Gasteiger partial charge in [-0.05, 0) is 87.6 Å². The summed E-state index contributed by atoms with van der Waals surface area (Å²) in [6.45, 7) is 7.05. The number of guanidine groups is 1. The Morgan fingerprint density at radius 3 is 2.22 bits per heavy atom. The highest BCUT2D eigenvalue weighted by molar-refractivity contribution is 6.14. The standard InChI is InChI=1S/C29H31F3N4O/c1-20-10-9-11-21(2)26(20)27(33-24-15-17-25(18-16-24)37-29(30,31)32)35-28(34-23-13-5-4-6-14-23)36-19-8-7-12-22(36)3/h4-6,9-11,13-18,22H,7-8,12,19H2,1-3H3,(H,33,34,35). The van der Waals surface area contributed by atoms with Crippen LogP contribution in [-0.4, -0.2) is 35.6 Å². The highest BCUT2D eigenvalue weighted by Gasteiger charge is 2.31. The van der Waals surface area contributed by atoms with Crippen molar-refractivity contribution in [3.8, 4) is 5.75 Å². The molecule has 0 aliphatic carbocycles. The van der Waals surface area contributed by atoms with Crippen molar-refractivity contribution in [1.29, 1.82) is 0 Å². The second kappa shape index (κ2) is 11.5. The van der Waals surface area contributed by atoms with Crippen LogP contribution >= 0.6 is 0 Å². The van der Waals surface area contributed by atoms with E-state index in [4.69, 9.17) is 9.98 Å². The summed E-state index contributed by atoms with van der Waals surface area (Å²) in [5.74, 6) is 0.894. The number of piperidine rings is 1. The summed E-state index contributed by atoms with van der Waals surface area (Å²) in [6.07, 6.45) is -1.47. The maximum absolute atomic E-state index is 12.6. The SMILES string of the molecule is Cc1cccc(C)c1/C(=N\C(=Nc1ccccc1)N1CCCCC1C)Nc1ccc(OC(F)(F)F)cc1. The van der Waals surface area contributed by atoms with E-state index < -0.39 is 6.36 Å². The molecule has 8 heteroatoms. The molecule has 194 valence electrons. The molecule has 1 unspecified atom stereocenters. The van der Waals surface area contributed by atoms with Crippen LogP contribution in [-0.2, 0) is 0 Å². The van der Waals surface area contributed by atoms with Crippen LogP contribution in [0.5, 0.6) is 5.75 Å². The van der Waals surface area contributed by atoms with Gasteiger partial charge in [-0.15, -0.1) is 13.2 Å². The predicted molar refractivity (Wildman–Crippen MR) is 143 cm³/mol. The zero-order valence-corrected chi connectivity index (χ0v) is 21.2. The first-order chi connectivity index (χ1) is 17.7. The van der Waals surface area contributed by atoms with E-state index in [1.54, 1.807) is 12.1 Å². The Bertz CT molecular complexity index is 1230. The molecule has 0 spiro atoms. The minimum atomic E-state index is -4.74. The first-order valence-electron chi connectivity index (χ1n) is 12.4. The number of aliphatic imine (C=N–C) groups is 2. The number of hydrogen-bond acceptors (Lipinski definition) is 2. The van der Waals surface area contributed by atoms with E-state index in [1.807, 2.05) is 62.4 Å². The molecule has 3 aromatic rings. The Labute approximate surface area is 215 Å². The fourth-order valence-corrected chi connectivity index (χ4v) is 4.48. The lowest BCUT2D eigenvalue weighted by Gasteiger charge is -2.34. The summed E-state index contributed by atoms with van der Waals surface area (Å²) >= 11 is 0. The quantitative estimate of drug-likeness (QED) is 0.291. The molecule has 1 saturated heterocycles. The van der Waals surface area contributed by atoms with Gasteiger partial charge >= 0.3 is 6.36 Å². The number of nitrogens with zero attached hydrogens (tertiary/aromatic N) is 3. The van der Waals surface area contributed by atoms with Crippen LogP contribution in [0.3, 0.4) is 0 Å². The zero-order chi connectivity index (χ0) is 26.4. The number of likely N-dealkylation sites (tertiary alicyclic amines) is 1. The first kappa shape index (κ1) is 26.3. The Kier molecular flexibility index (Phi) is 8.16. The van der Waals surface area contributed by atoms with Gasteiger partial charge in [-0.25, -0.2) is 4.99 Å². The number of alkyl halides is 3. The van der Waals surface area contributed by atoms with Crippen LogP contribution in [0.2, 0.25) is 0 Å². The molecule has 0 radical (unpaired) electrons. The molecular formula is C29H31F3N4O. The zero-order valence-electron chi connectivity index (χ0n) is 21.2. The highest BCUT2D eigenvalue weighted by Crippen LogP contribution is 2.26. The van der Waals surface area contributed by atoms with Gasteiger partial charge in [0.25, 0.3) is 0 Å². The lowest BCUT2D eigenvalue weighted by atomic mass is 10.0. The third-order valence-electron chi connectivity index (χ3n) is 6.33. The molecular weight excluding hydrogens is 477 g/mol. The minimum Gasteiger partial charge on any atom is -0.406 e. The molecule has 1 heterocycles. The van der Waals surface area contributed by atoms with Gasteiger partial charge in [-0.3, -0.25) is 0 Å². The van der Waals surface area contributed by atoms with E-state index in [0.29, 0.717) is 17.5 Å². The monoisotopic (exact) mass is 508 g/mol. The topological polar surface area (TPSA) is 49.2 Å². The van der Waals surface area contributed by atoms with Crippen molar-refractivity contribution in [2.45, 2.75) is 52.4 Å². The van der Waals surface area contributed by atoms with Crippen LogP contribution in [0.1, 0.15) is 42.9 Å². The summed E-state index contributed by atoms with van der Waals surface area (Å²) in [4.78, 5) is 12.2. The number of rotatable bonds is 4. The molecule has 1 N–H and O–H groups in total. The van der Waals surface area contributed by atoms with Crippen molar-refractivity contribution in [3.63, 3.8) is 0 Å². The number of benzene rings is 3. The van der Waals surface area contributed by atoms with Gasteiger partial charge in [-0.1, -0.05) is 36.4 Å². The average Bonchev–Trinajstić information content (AvgIpc) is 2.85. The molecule has 1 atom stereocenters. The number of halogens is 3. The maximum Gasteiger partial charge on any atom is 0.573 e. The highest BCUT2D eigenvalue weighted by atomic mass is 19.4. The number of amidine groups is 1. The average molecular weight is 509 g/mol. The van der Waals surface area contributed by atoms with Gasteiger partial charge in [0.1, 0.15) is 11.6 Å². The third kappa shape index (κ3) is 7.12. The van der Waals surface area contributed by atoms with Gasteiger partial charge in [0.05, 0.1) is 5.69 Å². The Balaban J connectivity index is 1.79. The summed E-state index contributed by atoms with van der Waals surface area (Å²) in [5, 5.41) is 3.34. The smallest absolute Gasteiger partial charge is 0.406 e. The predicted octanol–water partition coefficient (Wildman–Crippen LogP) is 7.62. The molecule has 1 fully saturated rings. The van der Waals surface area contributed by atoms with E-state index in [9.17, 15) is 13.2 Å². The maximum atomic E-state index is 12.6. The van der Waals surface area contributed by atoms with Gasteiger partial charge in [0.2, 0.25) is 5.96 Å². The third-order valence-corrected chi connectivity index (χ3v) is 6.33. The Morgan fingerprint density at radius 2 is 1.59 bits per heavy atom. The van der Waals surface area contributed by atoms with Crippen molar-refractivity contribution in [1.82, 2.24) is 4.90 Å². The molecule has 0 aromatic heterocycles. The van der Waals surface area contributed by atoms with E-state index in [-0.39, 0.29) is 11.8 Å². The van der Waals surface area contributed by atoms with E-state index >= 15 is 0 Å². The molecule has 3 aromatic carbocycles. The van der Waals surface area contributed by atoms with Gasteiger partial charge in [0, 0.05) is 23.8 Å². The number of nitrogens with one attached hydrogen (secondary N) is 1.